The van der Waals surface area contributed by atoms with Crippen molar-refractivity contribution in [3.8, 4) is 0 Å². The first kappa shape index (κ1) is 12.6. The first-order valence-electron chi connectivity index (χ1n) is 7.74. The van der Waals surface area contributed by atoms with Crippen LogP contribution in [0.1, 0.15) is 60.3 Å². The van der Waals surface area contributed by atoms with Gasteiger partial charge in [-0.05, 0) is 59.8 Å². The molecule has 19 heavy (non-hydrogen) atoms. The molecule has 1 saturated carbocycles. The molecule has 1 aliphatic carbocycles. The summed E-state index contributed by atoms with van der Waals surface area (Å²) >= 11 is 0. The highest BCUT2D eigenvalue weighted by Gasteiger charge is 2.70. The van der Waals surface area contributed by atoms with Crippen molar-refractivity contribution in [1.29, 1.82) is 0 Å². The van der Waals surface area contributed by atoms with Crippen molar-refractivity contribution < 1.29 is 14.2 Å². The number of hydrogen-bond donors (Lipinski definition) is 0. The summed E-state index contributed by atoms with van der Waals surface area (Å²) in [5, 5.41) is 0. The molecule has 0 aromatic carbocycles. The zero-order valence-corrected chi connectivity index (χ0v) is 12.8. The van der Waals surface area contributed by atoms with Gasteiger partial charge in [0.2, 0.25) is 0 Å². The molecular formula is C16H26O3. The van der Waals surface area contributed by atoms with Gasteiger partial charge in [-0.1, -0.05) is 0 Å². The Bertz CT molecular complexity index is 434. The van der Waals surface area contributed by atoms with E-state index in [1.807, 2.05) is 0 Å². The molecule has 0 spiro atoms. The van der Waals surface area contributed by atoms with Crippen LogP contribution in [0.2, 0.25) is 0 Å². The third kappa shape index (κ3) is 1.68. The average molecular weight is 266 g/mol. The third-order valence-corrected chi connectivity index (χ3v) is 6.51. The van der Waals surface area contributed by atoms with E-state index in [-0.39, 0.29) is 22.4 Å². The molecule has 6 unspecified atom stereocenters. The highest BCUT2D eigenvalue weighted by molar-refractivity contribution is 5.19. The van der Waals surface area contributed by atoms with E-state index >= 15 is 0 Å². The summed E-state index contributed by atoms with van der Waals surface area (Å²) in [5.41, 5.74) is 0.443. The molecule has 3 saturated heterocycles. The Morgan fingerprint density at radius 2 is 1.63 bits per heavy atom. The summed E-state index contributed by atoms with van der Waals surface area (Å²) in [6, 6.07) is 0. The molecule has 4 aliphatic rings. The van der Waals surface area contributed by atoms with Crippen LogP contribution in [0.5, 0.6) is 0 Å². The minimum Gasteiger partial charge on any atom is -0.367 e. The fraction of sp³-hybridized carbons (Fsp3) is 1.00. The first-order valence-corrected chi connectivity index (χ1v) is 7.74. The van der Waals surface area contributed by atoms with E-state index in [0.29, 0.717) is 18.1 Å². The standard InChI is InChI=1S/C16H26O3/c1-13(2)11(17-13)8-12-16(5,18-12)10-6-7-14(3)15(4,9-10)19-14/h10-12H,6-9H2,1-5H3. The van der Waals surface area contributed by atoms with Crippen molar-refractivity contribution in [2.24, 2.45) is 5.92 Å². The smallest absolute Gasteiger partial charge is 0.0953 e. The molecule has 4 rings (SSSR count). The minimum atomic E-state index is 0.0817. The molecule has 3 nitrogen and oxygen atoms in total. The van der Waals surface area contributed by atoms with E-state index in [0.717, 1.165) is 12.8 Å². The average Bonchev–Trinajstić information content (AvgIpc) is 3.18. The Hall–Kier alpha value is -0.120. The summed E-state index contributed by atoms with van der Waals surface area (Å²) < 4.78 is 17.8. The lowest BCUT2D eigenvalue weighted by molar-refractivity contribution is 0.168. The molecule has 0 aromatic heterocycles. The molecule has 3 heteroatoms. The highest BCUT2D eigenvalue weighted by atomic mass is 16.6. The van der Waals surface area contributed by atoms with E-state index in [4.69, 9.17) is 14.2 Å². The van der Waals surface area contributed by atoms with Crippen molar-refractivity contribution in [2.75, 3.05) is 0 Å². The molecule has 0 bridgehead atoms. The zero-order chi connectivity index (χ0) is 13.7. The van der Waals surface area contributed by atoms with Gasteiger partial charge < -0.3 is 14.2 Å². The minimum absolute atomic E-state index is 0.0817. The predicted octanol–water partition coefficient (Wildman–Crippen LogP) is 3.06. The summed E-state index contributed by atoms with van der Waals surface area (Å²) in [4.78, 5) is 0. The van der Waals surface area contributed by atoms with Crippen LogP contribution in [-0.2, 0) is 14.2 Å². The van der Waals surface area contributed by atoms with Crippen LogP contribution in [-0.4, -0.2) is 34.6 Å². The topological polar surface area (TPSA) is 37.6 Å². The second-order valence-corrected chi connectivity index (χ2v) is 8.24. The maximum absolute atomic E-state index is 6.10. The maximum Gasteiger partial charge on any atom is 0.0953 e. The number of epoxide rings is 3. The Morgan fingerprint density at radius 3 is 2.21 bits per heavy atom. The molecule has 0 N–H and O–H groups in total. The van der Waals surface area contributed by atoms with Crippen molar-refractivity contribution in [3.05, 3.63) is 0 Å². The Morgan fingerprint density at radius 1 is 0.947 bits per heavy atom. The lowest BCUT2D eigenvalue weighted by atomic mass is 9.70. The molecule has 0 radical (unpaired) electrons. The Kier molecular flexibility index (Phi) is 2.13. The number of fused-ring (bicyclic) bond motifs is 1. The van der Waals surface area contributed by atoms with Crippen molar-refractivity contribution in [2.45, 2.75) is 94.9 Å². The van der Waals surface area contributed by atoms with E-state index in [9.17, 15) is 0 Å². The van der Waals surface area contributed by atoms with Crippen LogP contribution in [0.3, 0.4) is 0 Å². The molecule has 0 aromatic rings. The first-order chi connectivity index (χ1) is 8.69. The van der Waals surface area contributed by atoms with Gasteiger partial charge in [-0.3, -0.25) is 0 Å². The van der Waals surface area contributed by atoms with E-state index in [1.54, 1.807) is 0 Å². The third-order valence-electron chi connectivity index (χ3n) is 6.51. The normalized spacial score (nSPS) is 61.4. The van der Waals surface area contributed by atoms with Crippen molar-refractivity contribution >= 4 is 0 Å². The SMILES string of the molecule is CC1(C)OC1CC1OC1(C)C1CCC2(C)OC2(C)C1. The largest absolute Gasteiger partial charge is 0.367 e. The summed E-state index contributed by atoms with van der Waals surface area (Å²) in [7, 11) is 0. The molecular weight excluding hydrogens is 240 g/mol. The van der Waals surface area contributed by atoms with Gasteiger partial charge in [0.1, 0.15) is 0 Å². The predicted molar refractivity (Wildman–Crippen MR) is 72.1 cm³/mol. The monoisotopic (exact) mass is 266 g/mol. The highest BCUT2D eigenvalue weighted by Crippen LogP contribution is 2.63. The lowest BCUT2D eigenvalue weighted by Gasteiger charge is -2.30. The second kappa shape index (κ2) is 3.20. The second-order valence-electron chi connectivity index (χ2n) is 8.24. The fourth-order valence-electron chi connectivity index (χ4n) is 4.33. The van der Waals surface area contributed by atoms with Gasteiger partial charge in [0.05, 0.1) is 34.6 Å². The van der Waals surface area contributed by atoms with E-state index in [2.05, 4.69) is 34.6 Å². The van der Waals surface area contributed by atoms with Crippen LogP contribution in [0.25, 0.3) is 0 Å². The lowest BCUT2D eigenvalue weighted by Crippen LogP contribution is -2.36. The Balaban J connectivity index is 1.39. The molecule has 6 atom stereocenters. The van der Waals surface area contributed by atoms with E-state index in [1.165, 1.54) is 12.8 Å². The van der Waals surface area contributed by atoms with Gasteiger partial charge >= 0.3 is 0 Å². The van der Waals surface area contributed by atoms with Crippen LogP contribution in [0, 0.1) is 5.92 Å². The molecule has 0 amide bonds. The molecule has 3 heterocycles. The van der Waals surface area contributed by atoms with Gasteiger partial charge in [0, 0.05) is 6.42 Å². The van der Waals surface area contributed by atoms with Crippen LogP contribution in [0.15, 0.2) is 0 Å². The quantitative estimate of drug-likeness (QED) is 0.737. The molecule has 108 valence electrons. The van der Waals surface area contributed by atoms with Crippen molar-refractivity contribution in [3.63, 3.8) is 0 Å². The van der Waals surface area contributed by atoms with Gasteiger partial charge in [0.25, 0.3) is 0 Å². The summed E-state index contributed by atoms with van der Waals surface area (Å²) in [5.74, 6) is 0.653. The van der Waals surface area contributed by atoms with Gasteiger partial charge in [0.15, 0.2) is 0 Å². The van der Waals surface area contributed by atoms with Crippen LogP contribution < -0.4 is 0 Å². The summed E-state index contributed by atoms with van der Waals surface area (Å²) in [6.07, 6.45) is 5.46. The molecule has 4 fully saturated rings. The van der Waals surface area contributed by atoms with Gasteiger partial charge in [-0.15, -0.1) is 0 Å². The van der Waals surface area contributed by atoms with Crippen LogP contribution >= 0.6 is 0 Å². The number of ether oxygens (including phenoxy) is 3. The number of rotatable bonds is 3. The Labute approximate surface area is 116 Å². The van der Waals surface area contributed by atoms with Gasteiger partial charge in [-0.2, -0.15) is 0 Å². The summed E-state index contributed by atoms with van der Waals surface area (Å²) in [6.45, 7) is 11.2. The van der Waals surface area contributed by atoms with E-state index < -0.39 is 0 Å². The fourth-order valence-corrected chi connectivity index (χ4v) is 4.33. The number of hydrogen-bond acceptors (Lipinski definition) is 3. The molecule has 3 aliphatic heterocycles. The maximum atomic E-state index is 6.10. The zero-order valence-electron chi connectivity index (χ0n) is 12.8. The van der Waals surface area contributed by atoms with Gasteiger partial charge in [-0.25, -0.2) is 0 Å². The van der Waals surface area contributed by atoms with Crippen molar-refractivity contribution in [1.82, 2.24) is 0 Å². The van der Waals surface area contributed by atoms with Crippen LogP contribution in [0.4, 0.5) is 0 Å².